The molecule has 0 heterocycles. The second-order valence-electron chi connectivity index (χ2n) is 6.30. The highest BCUT2D eigenvalue weighted by molar-refractivity contribution is 5.64. The van der Waals surface area contributed by atoms with Gasteiger partial charge in [-0.1, -0.05) is 0 Å². The van der Waals surface area contributed by atoms with E-state index in [2.05, 4.69) is 31.8 Å². The minimum Gasteiger partial charge on any atom is -0.394 e. The normalized spacial score (nSPS) is 9.89. The van der Waals surface area contributed by atoms with Crippen LogP contribution in [0.1, 0.15) is 55.4 Å². The maximum Gasteiger partial charge on any atom is 0.423 e. The lowest BCUT2D eigenvalue weighted by Gasteiger charge is -2.05. The molecule has 27 heavy (non-hydrogen) atoms. The third-order valence-corrected chi connectivity index (χ3v) is 1.52. The van der Waals surface area contributed by atoms with Crippen molar-refractivity contribution >= 4 is 6.09 Å². The molecule has 0 unspecified atom stereocenters. The van der Waals surface area contributed by atoms with Crippen molar-refractivity contribution in [3.63, 3.8) is 0 Å². The van der Waals surface area contributed by atoms with Gasteiger partial charge < -0.3 is 25.7 Å². The van der Waals surface area contributed by atoms with E-state index in [1.807, 2.05) is 60.9 Å². The van der Waals surface area contributed by atoms with Crippen LogP contribution in [-0.4, -0.2) is 60.9 Å². The van der Waals surface area contributed by atoms with Gasteiger partial charge in [0.15, 0.2) is 0 Å². The highest BCUT2D eigenvalue weighted by Gasteiger charge is 1.93. The molecule has 0 saturated heterocycles. The first-order valence-corrected chi connectivity index (χ1v) is 8.82. The number of nitrogens with two attached hydrogens (primary N) is 1. The Morgan fingerprint density at radius 1 is 0.889 bits per heavy atom. The minimum absolute atomic E-state index is 0.0692. The molecule has 0 aromatic heterocycles. The molecule has 0 aliphatic heterocycles. The predicted octanol–water partition coefficient (Wildman–Crippen LogP) is 0.822. The van der Waals surface area contributed by atoms with Crippen molar-refractivity contribution in [1.29, 1.82) is 0 Å². The van der Waals surface area contributed by atoms with Crippen LogP contribution >= 0.6 is 0 Å². The SMILES string of the molecule is CC(C)NO.CC(C)NOC(N)=O.CC(C)NOCCO.CONC(C)C. The summed E-state index contributed by atoms with van der Waals surface area (Å²) in [7, 11) is 1.61. The van der Waals surface area contributed by atoms with Crippen molar-refractivity contribution in [2.75, 3.05) is 20.3 Å². The van der Waals surface area contributed by atoms with E-state index in [9.17, 15) is 4.79 Å². The van der Waals surface area contributed by atoms with Gasteiger partial charge >= 0.3 is 6.09 Å². The average Bonchev–Trinajstić information content (AvgIpc) is 2.54. The summed E-state index contributed by atoms with van der Waals surface area (Å²) in [6.07, 6.45) is -0.807. The maximum atomic E-state index is 9.84. The van der Waals surface area contributed by atoms with Crippen LogP contribution in [0.5, 0.6) is 0 Å². The largest absolute Gasteiger partial charge is 0.423 e. The Bertz CT molecular complexity index is 282. The first kappa shape index (κ1) is 33.5. The Morgan fingerprint density at radius 2 is 1.30 bits per heavy atom. The molecule has 11 heteroatoms. The Morgan fingerprint density at radius 3 is 1.44 bits per heavy atom. The van der Waals surface area contributed by atoms with Crippen molar-refractivity contribution < 1.29 is 29.6 Å². The summed E-state index contributed by atoms with van der Waals surface area (Å²) in [5.41, 5.74) is 14.4. The van der Waals surface area contributed by atoms with Crippen molar-refractivity contribution in [3.8, 4) is 0 Å². The number of carbonyl (C=O) groups is 1. The average molecular weight is 402 g/mol. The standard InChI is InChI=1S/C5H13NO2.C4H10N2O2.C4H11NO.C3H9NO/c1-5(2)6-8-4-3-7;1-3(2)6-8-4(5)7;1-4(2)5-6-3;1-3(2)4-5/h5-7H,3-4H2,1-2H3;3,6H,1-2H3,(H2,5,7);4-5H,1-3H3;3-5H,1-2H3. The maximum absolute atomic E-state index is 9.84. The Kier molecular flexibility index (Phi) is 33.7. The molecule has 0 aliphatic carbocycles. The number of hydrogen-bond donors (Lipinski definition) is 7. The topological polar surface area (TPSA) is 159 Å². The van der Waals surface area contributed by atoms with Crippen molar-refractivity contribution in [2.24, 2.45) is 5.73 Å². The van der Waals surface area contributed by atoms with Gasteiger partial charge in [-0.2, -0.15) is 5.48 Å². The fraction of sp³-hybridized carbons (Fsp3) is 0.938. The predicted molar refractivity (Wildman–Crippen MR) is 106 cm³/mol. The van der Waals surface area contributed by atoms with E-state index < -0.39 is 6.09 Å². The number of aliphatic hydroxyl groups is 1. The Balaban J connectivity index is -0.000000133. The summed E-state index contributed by atoms with van der Waals surface area (Å²) in [5.74, 6) is 0. The Labute approximate surface area is 164 Å². The van der Waals surface area contributed by atoms with Gasteiger partial charge in [-0.3, -0.25) is 4.84 Å². The van der Waals surface area contributed by atoms with Gasteiger partial charge in [0, 0.05) is 24.2 Å². The summed E-state index contributed by atoms with van der Waals surface area (Å²) in [5, 5.41) is 16.1. The quantitative estimate of drug-likeness (QED) is 0.218. The molecule has 0 aromatic carbocycles. The second kappa shape index (κ2) is 27.2. The zero-order valence-corrected chi connectivity index (χ0v) is 18.3. The van der Waals surface area contributed by atoms with E-state index >= 15 is 0 Å². The highest BCUT2D eigenvalue weighted by Crippen LogP contribution is 1.75. The molecule has 0 saturated carbocycles. The van der Waals surface area contributed by atoms with Crippen LogP contribution < -0.4 is 27.7 Å². The summed E-state index contributed by atoms with van der Waals surface area (Å²) < 4.78 is 0. The van der Waals surface area contributed by atoms with Gasteiger partial charge in [0.25, 0.3) is 0 Å². The molecule has 168 valence electrons. The molecule has 8 N–H and O–H groups in total. The third kappa shape index (κ3) is 67.5. The molecular weight excluding hydrogens is 358 g/mol. The van der Waals surface area contributed by atoms with Crippen LogP contribution in [-0.2, 0) is 14.5 Å². The summed E-state index contributed by atoms with van der Waals surface area (Å²) in [4.78, 5) is 23.3. The number of hydrogen-bond acceptors (Lipinski definition) is 10. The first-order valence-electron chi connectivity index (χ1n) is 8.82. The number of carbonyl (C=O) groups excluding carboxylic acids is 1. The van der Waals surface area contributed by atoms with E-state index in [0.717, 1.165) is 0 Å². The van der Waals surface area contributed by atoms with Crippen LogP contribution in [0.3, 0.4) is 0 Å². The zero-order valence-electron chi connectivity index (χ0n) is 18.3. The van der Waals surface area contributed by atoms with E-state index in [-0.39, 0.29) is 18.7 Å². The summed E-state index contributed by atoms with van der Waals surface area (Å²) in [6.45, 7) is 15.8. The lowest BCUT2D eigenvalue weighted by molar-refractivity contribution is 0.00344. The van der Waals surface area contributed by atoms with Gasteiger partial charge in [0.1, 0.15) is 0 Å². The van der Waals surface area contributed by atoms with E-state index in [1.54, 1.807) is 7.11 Å². The van der Waals surface area contributed by atoms with Crippen molar-refractivity contribution in [1.82, 2.24) is 21.9 Å². The summed E-state index contributed by atoms with van der Waals surface area (Å²) in [6, 6.07) is 1.05. The molecule has 0 rings (SSSR count). The van der Waals surface area contributed by atoms with E-state index in [0.29, 0.717) is 18.7 Å². The third-order valence-electron chi connectivity index (χ3n) is 1.52. The van der Waals surface area contributed by atoms with Crippen LogP contribution in [0.4, 0.5) is 4.79 Å². The molecule has 1 amide bonds. The molecule has 0 fully saturated rings. The molecule has 0 bridgehead atoms. The van der Waals surface area contributed by atoms with Gasteiger partial charge in [0.2, 0.25) is 0 Å². The highest BCUT2D eigenvalue weighted by atomic mass is 16.7. The van der Waals surface area contributed by atoms with E-state index in [1.165, 1.54) is 0 Å². The van der Waals surface area contributed by atoms with Crippen molar-refractivity contribution in [3.05, 3.63) is 0 Å². The number of aliphatic hydroxyl groups excluding tert-OH is 1. The van der Waals surface area contributed by atoms with Crippen LogP contribution in [0, 0.1) is 0 Å². The number of amides is 1. The zero-order chi connectivity index (χ0) is 22.3. The van der Waals surface area contributed by atoms with Gasteiger partial charge in [-0.25, -0.2) is 15.8 Å². The molecule has 0 aliphatic rings. The summed E-state index contributed by atoms with van der Waals surface area (Å²) >= 11 is 0. The molecule has 0 radical (unpaired) electrons. The first-order chi connectivity index (χ1) is 12.4. The number of primary amides is 1. The van der Waals surface area contributed by atoms with Crippen molar-refractivity contribution in [2.45, 2.75) is 79.6 Å². The minimum atomic E-state index is -0.807. The lowest BCUT2D eigenvalue weighted by Crippen LogP contribution is -2.29. The number of hydroxylamine groups is 4. The molecule has 0 atom stereocenters. The van der Waals surface area contributed by atoms with Crippen LogP contribution in [0.2, 0.25) is 0 Å². The van der Waals surface area contributed by atoms with Gasteiger partial charge in [-0.05, 0) is 55.4 Å². The van der Waals surface area contributed by atoms with Crippen LogP contribution in [0.25, 0.3) is 0 Å². The fourth-order valence-electron chi connectivity index (χ4n) is 0.683. The Hall–Kier alpha value is -1.05. The number of rotatable bonds is 9. The lowest BCUT2D eigenvalue weighted by atomic mass is 10.4. The molecule has 0 aromatic rings. The fourth-order valence-corrected chi connectivity index (χ4v) is 0.683. The van der Waals surface area contributed by atoms with Gasteiger partial charge in [-0.15, -0.1) is 5.48 Å². The van der Waals surface area contributed by atoms with E-state index in [4.69, 9.17) is 15.2 Å². The molecular formula is C16H43N5O6. The second-order valence-corrected chi connectivity index (χ2v) is 6.30. The number of nitrogens with one attached hydrogen (secondary N) is 4. The molecule has 11 nitrogen and oxygen atoms in total. The smallest absolute Gasteiger partial charge is 0.394 e. The molecule has 0 spiro atoms. The monoisotopic (exact) mass is 401 g/mol. The van der Waals surface area contributed by atoms with Crippen LogP contribution in [0.15, 0.2) is 0 Å². The van der Waals surface area contributed by atoms with Gasteiger partial charge in [0.05, 0.1) is 20.3 Å².